The maximum atomic E-state index is 11.9. The molecule has 9 N–H and O–H groups in total. The second-order valence-corrected chi connectivity index (χ2v) is 5.18. The lowest BCUT2D eigenvalue weighted by Gasteiger charge is -2.19. The summed E-state index contributed by atoms with van der Waals surface area (Å²) in [5, 5.41) is 35.0. The summed E-state index contributed by atoms with van der Waals surface area (Å²) in [6.45, 7) is 0.725. The number of nitrogens with one attached hydrogen (secondary N) is 2. The molecule has 13 heteroatoms. The van der Waals surface area contributed by atoms with E-state index in [1.807, 2.05) is 5.32 Å². The first-order valence-electron chi connectivity index (χ1n) is 7.11. The number of aliphatic carboxylic acids is 1. The first-order valence-corrected chi connectivity index (χ1v) is 7.11. The Morgan fingerprint density at radius 3 is 2.44 bits per heavy atom. The zero-order valence-corrected chi connectivity index (χ0v) is 13.2. The predicted molar refractivity (Wildman–Crippen MR) is 79.6 cm³/mol. The number of amides is 3. The van der Waals surface area contributed by atoms with Gasteiger partial charge in [-0.25, -0.2) is 9.59 Å². The Bertz CT molecular complexity index is 619. The van der Waals surface area contributed by atoms with E-state index >= 15 is 0 Å². The molecule has 1 aromatic heterocycles. The fraction of sp³-hybridized carbons (Fsp3) is 0.583. The number of primary amides is 1. The van der Waals surface area contributed by atoms with E-state index in [2.05, 4.69) is 15.5 Å². The van der Waals surface area contributed by atoms with Gasteiger partial charge in [0, 0.05) is 0 Å². The first-order chi connectivity index (χ1) is 11.6. The molecular weight excluding hydrogens is 340 g/mol. The standard InChI is InChI=1S/C12H20N6O7/c1-4(20)8(11(22)23)16-12(24)15-6(2-7(14)21)10-17-9(18-25-10)5(13)3-19/h4-6,8,19-20H,2-3,13H2,1H3,(H2,14,21)(H,22,23)(H2,15,16,24)/t4-,5?,6+,8?/m1/s1. The third kappa shape index (κ3) is 5.98. The molecule has 0 aliphatic carbocycles. The molecule has 25 heavy (non-hydrogen) atoms. The number of nitrogens with zero attached hydrogens (tertiary/aromatic N) is 2. The number of aromatic nitrogens is 2. The molecular formula is C12H20N6O7. The molecule has 0 fully saturated rings. The van der Waals surface area contributed by atoms with E-state index < -0.39 is 55.2 Å². The van der Waals surface area contributed by atoms with Gasteiger partial charge in [-0.1, -0.05) is 5.16 Å². The van der Waals surface area contributed by atoms with Crippen molar-refractivity contribution in [1.29, 1.82) is 0 Å². The van der Waals surface area contributed by atoms with Crippen molar-refractivity contribution in [2.75, 3.05) is 6.61 Å². The molecule has 1 heterocycles. The molecule has 0 spiro atoms. The van der Waals surface area contributed by atoms with Crippen LogP contribution in [0.3, 0.4) is 0 Å². The normalized spacial score (nSPS) is 15.7. The summed E-state index contributed by atoms with van der Waals surface area (Å²) in [6.07, 6.45) is -1.79. The third-order valence-corrected chi connectivity index (χ3v) is 3.03. The smallest absolute Gasteiger partial charge is 0.328 e. The van der Waals surface area contributed by atoms with Crippen molar-refractivity contribution in [1.82, 2.24) is 20.8 Å². The van der Waals surface area contributed by atoms with Crippen LogP contribution in [0.1, 0.15) is 37.1 Å². The molecule has 1 rings (SSSR count). The minimum absolute atomic E-state index is 0.0541. The van der Waals surface area contributed by atoms with E-state index in [9.17, 15) is 19.5 Å². The SMILES string of the molecule is C[C@@H](O)C(NC(=O)N[C@@H](CC(N)=O)c1nc(C(N)CO)no1)C(=O)O. The summed E-state index contributed by atoms with van der Waals surface area (Å²) in [4.78, 5) is 37.9. The lowest BCUT2D eigenvalue weighted by atomic mass is 10.2. The summed E-state index contributed by atoms with van der Waals surface area (Å²) < 4.78 is 4.88. The van der Waals surface area contributed by atoms with E-state index in [1.54, 1.807) is 0 Å². The summed E-state index contributed by atoms with van der Waals surface area (Å²) >= 11 is 0. The number of carbonyl (C=O) groups excluding carboxylic acids is 2. The van der Waals surface area contributed by atoms with E-state index in [4.69, 9.17) is 26.2 Å². The molecule has 4 atom stereocenters. The molecule has 1 aromatic rings. The van der Waals surface area contributed by atoms with Gasteiger partial charge in [0.25, 0.3) is 0 Å². The van der Waals surface area contributed by atoms with Crippen LogP contribution in [0.2, 0.25) is 0 Å². The number of rotatable bonds is 9. The number of carboxylic acid groups (broad SMARTS) is 1. The number of hydrogen-bond acceptors (Lipinski definition) is 9. The monoisotopic (exact) mass is 360 g/mol. The van der Waals surface area contributed by atoms with Gasteiger partial charge < -0.3 is 41.9 Å². The minimum atomic E-state index is -1.57. The number of aliphatic hydroxyl groups is 2. The van der Waals surface area contributed by atoms with Crippen molar-refractivity contribution in [2.45, 2.75) is 37.6 Å². The topological polar surface area (TPSA) is 227 Å². The average Bonchev–Trinajstić information content (AvgIpc) is 3.00. The molecule has 0 radical (unpaired) electrons. The first kappa shape index (κ1) is 20.3. The Kier molecular flexibility index (Phi) is 7.22. The Morgan fingerprint density at radius 1 is 1.32 bits per heavy atom. The summed E-state index contributed by atoms with van der Waals surface area (Å²) in [6, 6.07) is -4.67. The highest BCUT2D eigenvalue weighted by Gasteiger charge is 2.29. The van der Waals surface area contributed by atoms with Gasteiger partial charge >= 0.3 is 12.0 Å². The van der Waals surface area contributed by atoms with Crippen molar-refractivity contribution in [3.8, 4) is 0 Å². The number of carbonyl (C=O) groups is 3. The molecule has 2 unspecified atom stereocenters. The highest BCUT2D eigenvalue weighted by molar-refractivity contribution is 5.83. The average molecular weight is 360 g/mol. The van der Waals surface area contributed by atoms with Crippen LogP contribution in [0.15, 0.2) is 4.52 Å². The number of nitrogens with two attached hydrogens (primary N) is 2. The van der Waals surface area contributed by atoms with Gasteiger partial charge in [-0.05, 0) is 6.92 Å². The Morgan fingerprint density at radius 2 is 1.96 bits per heavy atom. The number of urea groups is 1. The maximum absolute atomic E-state index is 11.9. The van der Waals surface area contributed by atoms with Crippen LogP contribution < -0.4 is 22.1 Å². The Hall–Kier alpha value is -2.77. The Balaban J connectivity index is 2.89. The van der Waals surface area contributed by atoms with Crippen molar-refractivity contribution < 1.29 is 34.2 Å². The zero-order valence-electron chi connectivity index (χ0n) is 13.2. The van der Waals surface area contributed by atoms with E-state index in [0.29, 0.717) is 0 Å². The summed E-state index contributed by atoms with van der Waals surface area (Å²) in [5.74, 6) is -2.52. The van der Waals surface area contributed by atoms with Crippen LogP contribution in [0, 0.1) is 0 Å². The van der Waals surface area contributed by atoms with Gasteiger partial charge in [0.1, 0.15) is 6.04 Å². The molecule has 0 aliphatic heterocycles. The fourth-order valence-electron chi connectivity index (χ4n) is 1.75. The predicted octanol–water partition coefficient (Wildman–Crippen LogP) is -2.89. The molecule has 3 amide bonds. The number of hydrogen-bond donors (Lipinski definition) is 7. The number of carboxylic acids is 1. The molecule has 0 bridgehead atoms. The summed E-state index contributed by atoms with van der Waals surface area (Å²) in [5.41, 5.74) is 10.6. The summed E-state index contributed by atoms with van der Waals surface area (Å²) in [7, 11) is 0. The van der Waals surface area contributed by atoms with E-state index in [0.717, 1.165) is 0 Å². The van der Waals surface area contributed by atoms with Gasteiger partial charge in [-0.2, -0.15) is 4.98 Å². The van der Waals surface area contributed by atoms with Gasteiger partial charge in [0.15, 0.2) is 11.9 Å². The van der Waals surface area contributed by atoms with Crippen molar-refractivity contribution in [2.24, 2.45) is 11.5 Å². The molecule has 140 valence electrons. The van der Waals surface area contributed by atoms with Gasteiger partial charge in [0.05, 0.1) is 25.2 Å². The van der Waals surface area contributed by atoms with Gasteiger partial charge in [-0.15, -0.1) is 0 Å². The second kappa shape index (κ2) is 8.91. The maximum Gasteiger partial charge on any atom is 0.328 e. The van der Waals surface area contributed by atoms with Gasteiger partial charge in [-0.3, -0.25) is 4.79 Å². The molecule has 0 aromatic carbocycles. The van der Waals surface area contributed by atoms with Crippen LogP contribution >= 0.6 is 0 Å². The largest absolute Gasteiger partial charge is 0.480 e. The quantitative estimate of drug-likeness (QED) is 0.238. The zero-order chi connectivity index (χ0) is 19.1. The molecule has 13 nitrogen and oxygen atoms in total. The lowest BCUT2D eigenvalue weighted by molar-refractivity contribution is -0.141. The minimum Gasteiger partial charge on any atom is -0.480 e. The van der Waals surface area contributed by atoms with E-state index in [-0.39, 0.29) is 11.7 Å². The third-order valence-electron chi connectivity index (χ3n) is 3.03. The van der Waals surface area contributed by atoms with Crippen LogP contribution in [0.25, 0.3) is 0 Å². The Labute approximate surface area is 141 Å². The lowest BCUT2D eigenvalue weighted by Crippen LogP contribution is -2.52. The van der Waals surface area contributed by atoms with Crippen LogP contribution in [0.5, 0.6) is 0 Å². The van der Waals surface area contributed by atoms with Crippen molar-refractivity contribution in [3.05, 3.63) is 11.7 Å². The second-order valence-electron chi connectivity index (χ2n) is 5.18. The molecule has 0 aliphatic rings. The van der Waals surface area contributed by atoms with Crippen LogP contribution in [0.4, 0.5) is 4.79 Å². The van der Waals surface area contributed by atoms with Crippen molar-refractivity contribution in [3.63, 3.8) is 0 Å². The highest BCUT2D eigenvalue weighted by atomic mass is 16.5. The van der Waals surface area contributed by atoms with Crippen LogP contribution in [-0.2, 0) is 9.59 Å². The molecule has 0 saturated carbocycles. The highest BCUT2D eigenvalue weighted by Crippen LogP contribution is 2.16. The van der Waals surface area contributed by atoms with Gasteiger partial charge in [0.2, 0.25) is 11.8 Å². The fourth-order valence-corrected chi connectivity index (χ4v) is 1.75. The van der Waals surface area contributed by atoms with Crippen LogP contribution in [-0.4, -0.2) is 62.1 Å². The van der Waals surface area contributed by atoms with E-state index in [1.165, 1.54) is 6.92 Å². The number of aliphatic hydroxyl groups excluding tert-OH is 2. The molecule has 0 saturated heterocycles. The van der Waals surface area contributed by atoms with Crippen molar-refractivity contribution >= 4 is 17.9 Å².